The van der Waals surface area contributed by atoms with E-state index in [0.717, 1.165) is 17.2 Å². The summed E-state index contributed by atoms with van der Waals surface area (Å²) in [4.78, 5) is 12.1. The van der Waals surface area contributed by atoms with Gasteiger partial charge in [0.1, 0.15) is 5.75 Å². The van der Waals surface area contributed by atoms with Gasteiger partial charge in [0.2, 0.25) is 0 Å². The highest BCUT2D eigenvalue weighted by molar-refractivity contribution is 5.93. The Kier molecular flexibility index (Phi) is 6.13. The fourth-order valence-corrected chi connectivity index (χ4v) is 2.36. The van der Waals surface area contributed by atoms with Crippen molar-refractivity contribution < 1.29 is 27.4 Å². The number of anilines is 1. The van der Waals surface area contributed by atoms with E-state index in [-0.39, 0.29) is 18.2 Å². The predicted molar refractivity (Wildman–Crippen MR) is 92.5 cm³/mol. The molecule has 0 fully saturated rings. The van der Waals surface area contributed by atoms with Crippen LogP contribution in [0, 0.1) is 6.92 Å². The smallest absolute Gasteiger partial charge is 0.483 e. The number of rotatable bonds is 6. The molecule has 0 bridgehead atoms. The van der Waals surface area contributed by atoms with Gasteiger partial charge in [0.15, 0.2) is 12.4 Å². The van der Waals surface area contributed by atoms with Crippen LogP contribution < -0.4 is 14.8 Å². The maximum absolute atomic E-state index is 12.4. The van der Waals surface area contributed by atoms with E-state index in [1.54, 1.807) is 0 Å². The first-order valence-electron chi connectivity index (χ1n) is 8.03. The van der Waals surface area contributed by atoms with Crippen molar-refractivity contribution in [3.05, 3.63) is 53.6 Å². The van der Waals surface area contributed by atoms with E-state index < -0.39 is 18.0 Å². The van der Waals surface area contributed by atoms with E-state index in [1.165, 1.54) is 18.2 Å². The molecule has 26 heavy (non-hydrogen) atoms. The number of amides is 1. The van der Waals surface area contributed by atoms with Gasteiger partial charge >= 0.3 is 6.36 Å². The van der Waals surface area contributed by atoms with Crippen LogP contribution in [0.4, 0.5) is 18.9 Å². The minimum atomic E-state index is -4.84. The monoisotopic (exact) mass is 367 g/mol. The molecule has 0 heterocycles. The lowest BCUT2D eigenvalue weighted by Crippen LogP contribution is -2.23. The molecule has 1 N–H and O–H groups in total. The van der Waals surface area contributed by atoms with E-state index >= 15 is 0 Å². The number of nitrogens with one attached hydrogen (secondary N) is 1. The predicted octanol–water partition coefficient (Wildman–Crippen LogP) is 5.03. The van der Waals surface area contributed by atoms with Crippen LogP contribution in [0.3, 0.4) is 0 Å². The summed E-state index contributed by atoms with van der Waals surface area (Å²) in [7, 11) is 0. The number of ether oxygens (including phenoxy) is 2. The van der Waals surface area contributed by atoms with Crippen LogP contribution in [0.2, 0.25) is 0 Å². The molecule has 7 heteroatoms. The van der Waals surface area contributed by atoms with Crippen LogP contribution in [-0.4, -0.2) is 18.9 Å². The Balaban J connectivity index is 2.06. The van der Waals surface area contributed by atoms with Gasteiger partial charge in [-0.05, 0) is 42.2 Å². The molecule has 0 spiro atoms. The van der Waals surface area contributed by atoms with Crippen LogP contribution in [-0.2, 0) is 4.79 Å². The molecule has 140 valence electrons. The number of aryl methyl sites for hydroxylation is 1. The molecule has 0 aromatic heterocycles. The molecule has 0 radical (unpaired) electrons. The molecule has 0 aliphatic carbocycles. The Morgan fingerprint density at radius 2 is 1.81 bits per heavy atom. The van der Waals surface area contributed by atoms with Crippen LogP contribution >= 0.6 is 0 Å². The fraction of sp³-hybridized carbons (Fsp3) is 0.316. The minimum absolute atomic E-state index is 0.0771. The minimum Gasteiger partial charge on any atom is -0.483 e. The third-order valence-electron chi connectivity index (χ3n) is 3.54. The molecular formula is C19H20F3NO3. The molecular weight excluding hydrogens is 347 g/mol. The van der Waals surface area contributed by atoms with Gasteiger partial charge < -0.3 is 14.8 Å². The van der Waals surface area contributed by atoms with E-state index in [1.807, 2.05) is 39.0 Å². The van der Waals surface area contributed by atoms with Crippen molar-refractivity contribution in [2.24, 2.45) is 0 Å². The van der Waals surface area contributed by atoms with Crippen molar-refractivity contribution in [3.63, 3.8) is 0 Å². The number of carbonyl (C=O) groups excluding carboxylic acids is 1. The summed E-state index contributed by atoms with van der Waals surface area (Å²) >= 11 is 0. The normalized spacial score (nSPS) is 11.3. The van der Waals surface area contributed by atoms with Crippen molar-refractivity contribution in [2.75, 3.05) is 11.9 Å². The molecule has 0 aliphatic rings. The highest BCUT2D eigenvalue weighted by Crippen LogP contribution is 2.30. The number of para-hydroxylation sites is 2. The third kappa shape index (κ3) is 5.68. The molecule has 1 amide bonds. The topological polar surface area (TPSA) is 47.6 Å². The fourth-order valence-electron chi connectivity index (χ4n) is 2.36. The van der Waals surface area contributed by atoms with Crippen molar-refractivity contribution >= 4 is 11.6 Å². The van der Waals surface area contributed by atoms with Gasteiger partial charge in [0.05, 0.1) is 5.69 Å². The van der Waals surface area contributed by atoms with Gasteiger partial charge in [0.25, 0.3) is 5.91 Å². The molecule has 0 atom stereocenters. The first-order chi connectivity index (χ1) is 12.2. The Bertz CT molecular complexity index is 773. The number of hydrogen-bond donors (Lipinski definition) is 1. The van der Waals surface area contributed by atoms with Crippen LogP contribution in [0.5, 0.6) is 11.5 Å². The first kappa shape index (κ1) is 19.6. The van der Waals surface area contributed by atoms with Gasteiger partial charge in [-0.1, -0.05) is 38.1 Å². The SMILES string of the molecule is Cc1ccc(C(C)C)c(OCC(=O)Nc2ccccc2OC(F)(F)F)c1. The Labute approximate surface area is 149 Å². The number of carbonyl (C=O) groups is 1. The van der Waals surface area contributed by atoms with Crippen molar-refractivity contribution in [3.8, 4) is 11.5 Å². The average molecular weight is 367 g/mol. The highest BCUT2D eigenvalue weighted by atomic mass is 19.4. The molecule has 0 aliphatic heterocycles. The van der Waals surface area contributed by atoms with Crippen molar-refractivity contribution in [1.82, 2.24) is 0 Å². The van der Waals surface area contributed by atoms with Gasteiger partial charge in [-0.15, -0.1) is 13.2 Å². The van der Waals surface area contributed by atoms with E-state index in [9.17, 15) is 18.0 Å². The second-order valence-electron chi connectivity index (χ2n) is 6.08. The van der Waals surface area contributed by atoms with Gasteiger partial charge in [0, 0.05) is 0 Å². The molecule has 2 aromatic carbocycles. The summed E-state index contributed by atoms with van der Waals surface area (Å²) in [6, 6.07) is 11.0. The first-order valence-corrected chi connectivity index (χ1v) is 8.03. The Morgan fingerprint density at radius 3 is 2.46 bits per heavy atom. The zero-order chi connectivity index (χ0) is 19.3. The number of alkyl halides is 3. The highest BCUT2D eigenvalue weighted by Gasteiger charge is 2.32. The number of benzene rings is 2. The lowest BCUT2D eigenvalue weighted by Gasteiger charge is -2.16. The average Bonchev–Trinajstić information content (AvgIpc) is 2.53. The molecule has 2 rings (SSSR count). The molecule has 0 saturated carbocycles. The quantitative estimate of drug-likeness (QED) is 0.779. The number of halogens is 3. The van der Waals surface area contributed by atoms with Crippen LogP contribution in [0.1, 0.15) is 30.9 Å². The number of hydrogen-bond acceptors (Lipinski definition) is 3. The lowest BCUT2D eigenvalue weighted by atomic mass is 10.0. The standard InChI is InChI=1S/C19H20F3NO3/c1-12(2)14-9-8-13(3)10-17(14)25-11-18(24)23-15-6-4-5-7-16(15)26-19(20,21)22/h4-10,12H,11H2,1-3H3,(H,23,24). The van der Waals surface area contributed by atoms with Gasteiger partial charge in [-0.2, -0.15) is 0 Å². The summed E-state index contributed by atoms with van der Waals surface area (Å²) in [5, 5.41) is 2.38. The van der Waals surface area contributed by atoms with Crippen molar-refractivity contribution in [2.45, 2.75) is 33.1 Å². The van der Waals surface area contributed by atoms with Gasteiger partial charge in [-0.3, -0.25) is 4.79 Å². The molecule has 4 nitrogen and oxygen atoms in total. The zero-order valence-electron chi connectivity index (χ0n) is 14.7. The maximum atomic E-state index is 12.4. The van der Waals surface area contributed by atoms with E-state index in [2.05, 4.69) is 10.1 Å². The van der Waals surface area contributed by atoms with E-state index in [4.69, 9.17) is 4.74 Å². The summed E-state index contributed by atoms with van der Waals surface area (Å²) in [5.41, 5.74) is 1.85. The molecule has 2 aromatic rings. The third-order valence-corrected chi connectivity index (χ3v) is 3.54. The second kappa shape index (κ2) is 8.12. The van der Waals surface area contributed by atoms with E-state index in [0.29, 0.717) is 5.75 Å². The van der Waals surface area contributed by atoms with Gasteiger partial charge in [-0.25, -0.2) is 0 Å². The second-order valence-corrected chi connectivity index (χ2v) is 6.08. The summed E-state index contributed by atoms with van der Waals surface area (Å²) in [6.07, 6.45) is -4.84. The Hall–Kier alpha value is -2.70. The molecule has 0 unspecified atom stereocenters. The Morgan fingerprint density at radius 1 is 1.12 bits per heavy atom. The summed E-state index contributed by atoms with van der Waals surface area (Å²) in [5.74, 6) is -0.282. The largest absolute Gasteiger partial charge is 0.573 e. The van der Waals surface area contributed by atoms with Crippen molar-refractivity contribution in [1.29, 1.82) is 0 Å². The van der Waals surface area contributed by atoms with Crippen LogP contribution in [0.15, 0.2) is 42.5 Å². The lowest BCUT2D eigenvalue weighted by molar-refractivity contribution is -0.274. The maximum Gasteiger partial charge on any atom is 0.573 e. The molecule has 0 saturated heterocycles. The summed E-state index contributed by atoms with van der Waals surface area (Å²) in [6.45, 7) is 5.58. The zero-order valence-corrected chi connectivity index (χ0v) is 14.7. The summed E-state index contributed by atoms with van der Waals surface area (Å²) < 4.78 is 46.8. The van der Waals surface area contributed by atoms with Crippen LogP contribution in [0.25, 0.3) is 0 Å².